The maximum absolute atomic E-state index is 10.7. The van der Waals surface area contributed by atoms with Gasteiger partial charge in [0.2, 0.25) is 0 Å². The Morgan fingerprint density at radius 1 is 1.32 bits per heavy atom. The summed E-state index contributed by atoms with van der Waals surface area (Å²) in [6, 6.07) is 11.8. The fraction of sp³-hybridized carbons (Fsp3) is 0.250. The predicted molar refractivity (Wildman–Crippen MR) is 86.0 cm³/mol. The molecule has 22 heavy (non-hydrogen) atoms. The van der Waals surface area contributed by atoms with Crippen LogP contribution in [0.3, 0.4) is 0 Å². The number of aliphatic hydroxyl groups excluding tert-OH is 1. The van der Waals surface area contributed by atoms with Crippen LogP contribution < -0.4 is 5.32 Å². The molecule has 0 aliphatic rings. The van der Waals surface area contributed by atoms with E-state index in [4.69, 9.17) is 11.6 Å². The van der Waals surface area contributed by atoms with Crippen LogP contribution in [0.25, 0.3) is 0 Å². The molecule has 0 spiro atoms. The molecule has 0 amide bonds. The molecule has 2 aromatic rings. The van der Waals surface area contributed by atoms with E-state index in [1.807, 2.05) is 25.1 Å². The number of nitro groups is 1. The van der Waals surface area contributed by atoms with Crippen LogP contribution in [0, 0.1) is 17.0 Å². The smallest absolute Gasteiger partial charge is 0.269 e. The van der Waals surface area contributed by atoms with Gasteiger partial charge in [0.25, 0.3) is 5.69 Å². The van der Waals surface area contributed by atoms with Gasteiger partial charge in [-0.2, -0.15) is 0 Å². The molecular formula is C16H17ClN2O3. The molecule has 0 aliphatic carbocycles. The summed E-state index contributed by atoms with van der Waals surface area (Å²) < 4.78 is 0. The van der Waals surface area contributed by atoms with Crippen molar-refractivity contribution in [1.29, 1.82) is 0 Å². The van der Waals surface area contributed by atoms with Gasteiger partial charge in [-0.15, -0.1) is 0 Å². The molecule has 0 bridgehead atoms. The van der Waals surface area contributed by atoms with Gasteiger partial charge in [-0.1, -0.05) is 35.9 Å². The Balaban J connectivity index is 1.94. The van der Waals surface area contributed by atoms with Gasteiger partial charge in [-0.3, -0.25) is 10.1 Å². The number of rotatable bonds is 6. The van der Waals surface area contributed by atoms with Crippen LogP contribution in [-0.4, -0.2) is 16.6 Å². The van der Waals surface area contributed by atoms with Crippen LogP contribution in [0.4, 0.5) is 5.69 Å². The molecule has 116 valence electrons. The first-order valence-corrected chi connectivity index (χ1v) is 7.23. The Labute approximate surface area is 133 Å². The van der Waals surface area contributed by atoms with Crippen molar-refractivity contribution in [1.82, 2.24) is 5.32 Å². The molecule has 0 saturated heterocycles. The lowest BCUT2D eigenvalue weighted by Crippen LogP contribution is -2.21. The zero-order chi connectivity index (χ0) is 16.1. The van der Waals surface area contributed by atoms with Gasteiger partial charge >= 0.3 is 0 Å². The van der Waals surface area contributed by atoms with Gasteiger partial charge in [0.05, 0.1) is 11.0 Å². The number of benzene rings is 2. The highest BCUT2D eigenvalue weighted by atomic mass is 35.5. The molecule has 0 aliphatic heterocycles. The Morgan fingerprint density at radius 2 is 2.09 bits per heavy atom. The summed E-state index contributed by atoms with van der Waals surface area (Å²) in [5.41, 5.74) is 2.51. The van der Waals surface area contributed by atoms with Crippen molar-refractivity contribution in [3.63, 3.8) is 0 Å². The fourth-order valence-electron chi connectivity index (χ4n) is 2.10. The SMILES string of the molecule is Cc1ccc(CNCC(O)c2cccc([N+](=O)[O-])c2)c(Cl)c1. The number of aliphatic hydroxyl groups is 1. The van der Waals surface area contributed by atoms with E-state index in [2.05, 4.69) is 5.32 Å². The second-order valence-corrected chi connectivity index (χ2v) is 5.50. The van der Waals surface area contributed by atoms with E-state index in [1.54, 1.807) is 12.1 Å². The number of nitrogens with one attached hydrogen (secondary N) is 1. The van der Waals surface area contributed by atoms with Crippen LogP contribution in [0.15, 0.2) is 42.5 Å². The molecule has 5 nitrogen and oxygen atoms in total. The molecule has 2 rings (SSSR count). The van der Waals surface area contributed by atoms with Gasteiger partial charge in [-0.05, 0) is 29.7 Å². The van der Waals surface area contributed by atoms with Crippen LogP contribution in [0.2, 0.25) is 5.02 Å². The first-order valence-electron chi connectivity index (χ1n) is 6.85. The number of hydrogen-bond acceptors (Lipinski definition) is 4. The van der Waals surface area contributed by atoms with E-state index < -0.39 is 11.0 Å². The Bertz CT molecular complexity index is 676. The van der Waals surface area contributed by atoms with Crippen LogP contribution >= 0.6 is 11.6 Å². The third-order valence-electron chi connectivity index (χ3n) is 3.33. The first-order chi connectivity index (χ1) is 10.5. The monoisotopic (exact) mass is 320 g/mol. The van der Waals surface area contributed by atoms with Crippen molar-refractivity contribution < 1.29 is 10.0 Å². The van der Waals surface area contributed by atoms with E-state index >= 15 is 0 Å². The minimum absolute atomic E-state index is 0.0295. The average molecular weight is 321 g/mol. The molecule has 0 fully saturated rings. The van der Waals surface area contributed by atoms with Gasteiger partial charge in [0.1, 0.15) is 0 Å². The molecule has 0 aromatic heterocycles. The van der Waals surface area contributed by atoms with Crippen molar-refractivity contribution in [3.05, 3.63) is 74.3 Å². The molecule has 6 heteroatoms. The van der Waals surface area contributed by atoms with Crippen LogP contribution in [0.5, 0.6) is 0 Å². The molecular weight excluding hydrogens is 304 g/mol. The van der Waals surface area contributed by atoms with Gasteiger partial charge in [0, 0.05) is 30.2 Å². The molecule has 0 radical (unpaired) electrons. The first kappa shape index (κ1) is 16.4. The maximum atomic E-state index is 10.7. The number of hydrogen-bond donors (Lipinski definition) is 2. The van der Waals surface area contributed by atoms with E-state index in [0.717, 1.165) is 11.1 Å². The molecule has 2 aromatic carbocycles. The summed E-state index contributed by atoms with van der Waals surface area (Å²) in [5, 5.41) is 24.6. The Hall–Kier alpha value is -1.95. The second kappa shape index (κ2) is 7.35. The third kappa shape index (κ3) is 4.27. The fourth-order valence-corrected chi connectivity index (χ4v) is 2.40. The second-order valence-electron chi connectivity index (χ2n) is 5.09. The third-order valence-corrected chi connectivity index (χ3v) is 3.68. The summed E-state index contributed by atoms with van der Waals surface area (Å²) >= 11 is 6.14. The quantitative estimate of drug-likeness (QED) is 0.632. The van der Waals surface area contributed by atoms with Gasteiger partial charge in [0.15, 0.2) is 0 Å². The number of halogens is 1. The Kier molecular flexibility index (Phi) is 5.49. The van der Waals surface area contributed by atoms with Crippen molar-refractivity contribution in [2.24, 2.45) is 0 Å². The summed E-state index contributed by atoms with van der Waals surface area (Å²) in [6.07, 6.45) is -0.816. The van der Waals surface area contributed by atoms with E-state index in [9.17, 15) is 15.2 Å². The molecule has 0 heterocycles. The summed E-state index contributed by atoms with van der Waals surface area (Å²) in [5.74, 6) is 0. The summed E-state index contributed by atoms with van der Waals surface area (Å²) in [7, 11) is 0. The van der Waals surface area contributed by atoms with Crippen LogP contribution in [0.1, 0.15) is 22.8 Å². The lowest BCUT2D eigenvalue weighted by Gasteiger charge is -2.13. The highest BCUT2D eigenvalue weighted by Crippen LogP contribution is 2.20. The van der Waals surface area contributed by atoms with E-state index in [1.165, 1.54) is 12.1 Å². The minimum Gasteiger partial charge on any atom is -0.387 e. The lowest BCUT2D eigenvalue weighted by molar-refractivity contribution is -0.385. The standard InChI is InChI=1S/C16H17ClN2O3/c1-11-5-6-13(15(17)7-11)9-18-10-16(20)12-3-2-4-14(8-12)19(21)22/h2-8,16,18,20H,9-10H2,1H3. The van der Waals surface area contributed by atoms with E-state index in [0.29, 0.717) is 17.1 Å². The molecule has 0 saturated carbocycles. The topological polar surface area (TPSA) is 75.4 Å². The van der Waals surface area contributed by atoms with Gasteiger partial charge in [-0.25, -0.2) is 0 Å². The molecule has 1 atom stereocenters. The maximum Gasteiger partial charge on any atom is 0.269 e. The van der Waals surface area contributed by atoms with Crippen molar-refractivity contribution in [2.45, 2.75) is 19.6 Å². The normalized spacial score (nSPS) is 12.1. The zero-order valence-electron chi connectivity index (χ0n) is 12.1. The number of non-ortho nitro benzene ring substituents is 1. The van der Waals surface area contributed by atoms with Gasteiger partial charge < -0.3 is 10.4 Å². The van der Waals surface area contributed by atoms with Crippen molar-refractivity contribution in [2.75, 3.05) is 6.54 Å². The highest BCUT2D eigenvalue weighted by Gasteiger charge is 2.12. The van der Waals surface area contributed by atoms with Crippen molar-refractivity contribution >= 4 is 17.3 Å². The minimum atomic E-state index is -0.816. The molecule has 2 N–H and O–H groups in total. The molecule has 1 unspecified atom stereocenters. The average Bonchev–Trinajstić information content (AvgIpc) is 2.49. The zero-order valence-corrected chi connectivity index (χ0v) is 12.9. The van der Waals surface area contributed by atoms with Crippen molar-refractivity contribution in [3.8, 4) is 0 Å². The largest absolute Gasteiger partial charge is 0.387 e. The number of aryl methyl sites for hydroxylation is 1. The van der Waals surface area contributed by atoms with E-state index in [-0.39, 0.29) is 12.2 Å². The highest BCUT2D eigenvalue weighted by molar-refractivity contribution is 6.31. The lowest BCUT2D eigenvalue weighted by atomic mass is 10.1. The summed E-state index contributed by atoms with van der Waals surface area (Å²) in [4.78, 5) is 10.3. The number of nitro benzene ring substituents is 1. The van der Waals surface area contributed by atoms with Crippen LogP contribution in [-0.2, 0) is 6.54 Å². The number of nitrogens with zero attached hydrogens (tertiary/aromatic N) is 1. The summed E-state index contributed by atoms with van der Waals surface area (Å²) in [6.45, 7) is 2.77. The predicted octanol–water partition coefficient (Wildman–Crippen LogP) is 3.38. The Morgan fingerprint density at radius 3 is 2.77 bits per heavy atom.